The maximum absolute atomic E-state index is 11.9. The standard InChI is InChI=1S/C26H44O2/c1-5-28-24(27)14-9-18(2)21-12-13-22-20-11-10-19-8-6-7-16-25(19,3)23(20)15-17-26(21,22)4/h18-23H,5-17H2,1-4H3/t18-,19?,20?,21?,22?,23?,25?,26-/m1/s1. The molecule has 4 aliphatic carbocycles. The fraction of sp³-hybridized carbons (Fsp3) is 0.962. The van der Waals surface area contributed by atoms with Crippen molar-refractivity contribution in [3.8, 4) is 0 Å². The van der Waals surface area contributed by atoms with Crippen molar-refractivity contribution in [1.29, 1.82) is 0 Å². The Morgan fingerprint density at radius 3 is 2.54 bits per heavy atom. The van der Waals surface area contributed by atoms with Gasteiger partial charge >= 0.3 is 5.97 Å². The Morgan fingerprint density at radius 2 is 1.75 bits per heavy atom. The van der Waals surface area contributed by atoms with Crippen LogP contribution in [-0.4, -0.2) is 12.6 Å². The summed E-state index contributed by atoms with van der Waals surface area (Å²) in [7, 11) is 0. The lowest BCUT2D eigenvalue weighted by atomic mass is 9.44. The van der Waals surface area contributed by atoms with Gasteiger partial charge in [-0.05, 0) is 111 Å². The molecule has 0 aromatic carbocycles. The molecule has 28 heavy (non-hydrogen) atoms. The zero-order chi connectivity index (χ0) is 19.9. The van der Waals surface area contributed by atoms with Gasteiger partial charge in [-0.2, -0.15) is 0 Å². The zero-order valence-corrected chi connectivity index (χ0v) is 19.0. The van der Waals surface area contributed by atoms with Crippen molar-refractivity contribution in [2.45, 2.75) is 105 Å². The SMILES string of the molecule is CCOC(=O)CC[C@@H](C)C1CCC2C3CCC4CCCCC4(C)C3CC[C@@]21C. The van der Waals surface area contributed by atoms with Crippen LogP contribution < -0.4 is 0 Å². The number of hydrogen-bond acceptors (Lipinski definition) is 2. The Bertz CT molecular complexity index is 571. The van der Waals surface area contributed by atoms with Crippen molar-refractivity contribution in [2.24, 2.45) is 46.3 Å². The number of rotatable bonds is 5. The summed E-state index contributed by atoms with van der Waals surface area (Å²) in [6, 6.07) is 0. The minimum absolute atomic E-state index is 0.00121. The maximum atomic E-state index is 11.9. The average molecular weight is 389 g/mol. The molecule has 0 aromatic heterocycles. The van der Waals surface area contributed by atoms with E-state index in [2.05, 4.69) is 20.8 Å². The normalized spacial score (nSPS) is 46.2. The maximum Gasteiger partial charge on any atom is 0.305 e. The van der Waals surface area contributed by atoms with Gasteiger partial charge in [-0.25, -0.2) is 0 Å². The highest BCUT2D eigenvalue weighted by Crippen LogP contribution is 2.68. The molecule has 2 heteroatoms. The second kappa shape index (κ2) is 7.95. The van der Waals surface area contributed by atoms with Gasteiger partial charge in [0.05, 0.1) is 6.61 Å². The summed E-state index contributed by atoms with van der Waals surface area (Å²) in [6.07, 6.45) is 16.4. The van der Waals surface area contributed by atoms with Gasteiger partial charge in [0, 0.05) is 6.42 Å². The van der Waals surface area contributed by atoms with Gasteiger partial charge in [-0.15, -0.1) is 0 Å². The lowest BCUT2D eigenvalue weighted by molar-refractivity contribution is -0.143. The third-order valence-electron chi connectivity index (χ3n) is 10.5. The van der Waals surface area contributed by atoms with Crippen molar-refractivity contribution in [3.05, 3.63) is 0 Å². The Morgan fingerprint density at radius 1 is 0.964 bits per heavy atom. The molecule has 6 unspecified atom stereocenters. The first-order valence-corrected chi connectivity index (χ1v) is 12.6. The Balaban J connectivity index is 1.45. The summed E-state index contributed by atoms with van der Waals surface area (Å²) in [5, 5.41) is 0. The van der Waals surface area contributed by atoms with E-state index in [1.807, 2.05) is 6.92 Å². The lowest BCUT2D eigenvalue weighted by Crippen LogP contribution is -2.53. The van der Waals surface area contributed by atoms with Crippen LogP contribution in [0.2, 0.25) is 0 Å². The van der Waals surface area contributed by atoms with E-state index < -0.39 is 0 Å². The van der Waals surface area contributed by atoms with Crippen LogP contribution in [-0.2, 0) is 9.53 Å². The zero-order valence-electron chi connectivity index (χ0n) is 19.0. The number of fused-ring (bicyclic) bond motifs is 5. The monoisotopic (exact) mass is 388 g/mol. The van der Waals surface area contributed by atoms with E-state index in [1.54, 1.807) is 0 Å². The van der Waals surface area contributed by atoms with Crippen LogP contribution in [0.1, 0.15) is 105 Å². The molecule has 0 aliphatic heterocycles. The van der Waals surface area contributed by atoms with Gasteiger partial charge in [0.25, 0.3) is 0 Å². The number of carbonyl (C=O) groups is 1. The molecule has 0 spiro atoms. The molecule has 4 fully saturated rings. The van der Waals surface area contributed by atoms with Crippen LogP contribution in [0.25, 0.3) is 0 Å². The molecule has 8 atom stereocenters. The van der Waals surface area contributed by atoms with Gasteiger partial charge in [-0.1, -0.05) is 33.6 Å². The second-order valence-corrected chi connectivity index (χ2v) is 11.5. The largest absolute Gasteiger partial charge is 0.466 e. The second-order valence-electron chi connectivity index (χ2n) is 11.5. The van der Waals surface area contributed by atoms with Crippen molar-refractivity contribution in [2.75, 3.05) is 6.61 Å². The van der Waals surface area contributed by atoms with Crippen molar-refractivity contribution >= 4 is 5.97 Å². The quantitative estimate of drug-likeness (QED) is 0.473. The molecule has 4 rings (SSSR count). The van der Waals surface area contributed by atoms with Gasteiger partial charge in [0.2, 0.25) is 0 Å². The van der Waals surface area contributed by atoms with Gasteiger partial charge < -0.3 is 4.74 Å². The van der Waals surface area contributed by atoms with Crippen LogP contribution in [0.5, 0.6) is 0 Å². The molecular weight excluding hydrogens is 344 g/mol. The van der Waals surface area contributed by atoms with E-state index in [0.29, 0.717) is 29.8 Å². The summed E-state index contributed by atoms with van der Waals surface area (Å²) in [6.45, 7) is 10.2. The first-order valence-electron chi connectivity index (χ1n) is 12.6. The predicted molar refractivity (Wildman–Crippen MR) is 115 cm³/mol. The molecule has 0 heterocycles. The highest BCUT2D eigenvalue weighted by Gasteiger charge is 2.60. The van der Waals surface area contributed by atoms with E-state index in [-0.39, 0.29) is 5.97 Å². The third kappa shape index (κ3) is 3.35. The molecule has 4 saturated carbocycles. The Kier molecular flexibility index (Phi) is 5.89. The van der Waals surface area contributed by atoms with E-state index >= 15 is 0 Å². The van der Waals surface area contributed by atoms with Crippen LogP contribution in [0.3, 0.4) is 0 Å². The van der Waals surface area contributed by atoms with E-state index in [1.165, 1.54) is 64.2 Å². The summed E-state index contributed by atoms with van der Waals surface area (Å²) >= 11 is 0. The molecule has 0 N–H and O–H groups in total. The fourth-order valence-electron chi connectivity index (χ4n) is 9.05. The average Bonchev–Trinajstić information content (AvgIpc) is 3.03. The molecule has 0 bridgehead atoms. The smallest absolute Gasteiger partial charge is 0.305 e. The van der Waals surface area contributed by atoms with Gasteiger partial charge in [0.1, 0.15) is 0 Å². The fourth-order valence-corrected chi connectivity index (χ4v) is 9.05. The summed E-state index contributed by atoms with van der Waals surface area (Å²) in [5.74, 6) is 5.41. The summed E-state index contributed by atoms with van der Waals surface area (Å²) in [5.41, 5.74) is 1.17. The first kappa shape index (κ1) is 20.7. The van der Waals surface area contributed by atoms with Crippen LogP contribution in [0.4, 0.5) is 0 Å². The van der Waals surface area contributed by atoms with Gasteiger partial charge in [0.15, 0.2) is 0 Å². The van der Waals surface area contributed by atoms with Crippen LogP contribution >= 0.6 is 0 Å². The number of carbonyl (C=O) groups excluding carboxylic acids is 1. The summed E-state index contributed by atoms with van der Waals surface area (Å²) < 4.78 is 5.18. The number of ether oxygens (including phenoxy) is 1. The van der Waals surface area contributed by atoms with Crippen molar-refractivity contribution in [3.63, 3.8) is 0 Å². The first-order chi connectivity index (χ1) is 13.4. The number of esters is 1. The molecule has 0 radical (unpaired) electrons. The van der Waals surface area contributed by atoms with Gasteiger partial charge in [-0.3, -0.25) is 4.79 Å². The topological polar surface area (TPSA) is 26.3 Å². The molecule has 160 valence electrons. The molecule has 2 nitrogen and oxygen atoms in total. The predicted octanol–water partition coefficient (Wildman–Crippen LogP) is 7.01. The molecular formula is C26H44O2. The Hall–Kier alpha value is -0.530. The third-order valence-corrected chi connectivity index (χ3v) is 10.5. The number of hydrogen-bond donors (Lipinski definition) is 0. The van der Waals surface area contributed by atoms with E-state index in [4.69, 9.17) is 4.74 Å². The highest BCUT2D eigenvalue weighted by atomic mass is 16.5. The highest BCUT2D eigenvalue weighted by molar-refractivity contribution is 5.69. The molecule has 0 amide bonds. The Labute approximate surface area is 173 Å². The molecule has 0 saturated heterocycles. The minimum atomic E-state index is 0.00121. The summed E-state index contributed by atoms with van der Waals surface area (Å²) in [4.78, 5) is 11.9. The molecule has 0 aromatic rings. The van der Waals surface area contributed by atoms with Crippen LogP contribution in [0, 0.1) is 46.3 Å². The van der Waals surface area contributed by atoms with E-state index in [0.717, 1.165) is 36.0 Å². The van der Waals surface area contributed by atoms with Crippen molar-refractivity contribution < 1.29 is 9.53 Å². The lowest BCUT2D eigenvalue weighted by Gasteiger charge is -2.61. The molecule has 4 aliphatic rings. The minimum Gasteiger partial charge on any atom is -0.466 e. The van der Waals surface area contributed by atoms with E-state index in [9.17, 15) is 4.79 Å². The van der Waals surface area contributed by atoms with Crippen LogP contribution in [0.15, 0.2) is 0 Å². The van der Waals surface area contributed by atoms with Crippen molar-refractivity contribution in [1.82, 2.24) is 0 Å².